The van der Waals surface area contributed by atoms with Gasteiger partial charge in [-0.25, -0.2) is 0 Å². The summed E-state index contributed by atoms with van der Waals surface area (Å²) in [6, 6.07) is 18.1. The Morgan fingerprint density at radius 3 is 2.14 bits per heavy atom. The van der Waals surface area contributed by atoms with Gasteiger partial charge in [-0.3, -0.25) is 9.59 Å². The predicted molar refractivity (Wildman–Crippen MR) is 113 cm³/mol. The number of carbonyl (C=O) groups is 2. The van der Waals surface area contributed by atoms with Gasteiger partial charge in [0.25, 0.3) is 0 Å². The molecular weight excluding hydrogens is 348 g/mol. The fraction of sp³-hybridized carbons (Fsp3) is 0.417. The zero-order valence-corrected chi connectivity index (χ0v) is 16.9. The van der Waals surface area contributed by atoms with Crippen LogP contribution >= 0.6 is 0 Å². The summed E-state index contributed by atoms with van der Waals surface area (Å²) in [5.74, 6) is 0.330. The number of nitrogens with zero attached hydrogens (tertiary/aromatic N) is 1. The molecule has 4 heteroatoms. The van der Waals surface area contributed by atoms with Gasteiger partial charge in [-0.1, -0.05) is 48.0 Å². The molecule has 1 aliphatic carbocycles. The van der Waals surface area contributed by atoms with Gasteiger partial charge in [0.15, 0.2) is 0 Å². The molecule has 1 aliphatic rings. The normalized spacial score (nSPS) is 19.1. The summed E-state index contributed by atoms with van der Waals surface area (Å²) in [5, 5.41) is 3.06. The van der Waals surface area contributed by atoms with E-state index in [-0.39, 0.29) is 23.7 Å². The topological polar surface area (TPSA) is 49.4 Å². The first-order valence-electron chi connectivity index (χ1n) is 10.3. The molecule has 2 aromatic carbocycles. The smallest absolute Gasteiger partial charge is 0.230 e. The Morgan fingerprint density at radius 2 is 1.54 bits per heavy atom. The molecule has 0 unspecified atom stereocenters. The highest BCUT2D eigenvalue weighted by molar-refractivity contribution is 5.95. The van der Waals surface area contributed by atoms with Gasteiger partial charge in [0.1, 0.15) is 0 Å². The van der Waals surface area contributed by atoms with E-state index in [1.807, 2.05) is 54.3 Å². The minimum atomic E-state index is 0.0151. The van der Waals surface area contributed by atoms with E-state index in [0.717, 1.165) is 36.9 Å². The number of hydrogen-bond acceptors (Lipinski definition) is 2. The second-order valence-corrected chi connectivity index (χ2v) is 7.67. The van der Waals surface area contributed by atoms with E-state index in [1.54, 1.807) is 0 Å². The van der Waals surface area contributed by atoms with Crippen LogP contribution in [0.4, 0.5) is 5.69 Å². The molecule has 0 atom stereocenters. The molecule has 0 heterocycles. The molecule has 1 saturated carbocycles. The minimum Gasteiger partial charge on any atom is -0.352 e. The van der Waals surface area contributed by atoms with Crippen LogP contribution in [0.2, 0.25) is 0 Å². The number of amides is 2. The Kier molecular flexibility index (Phi) is 6.85. The van der Waals surface area contributed by atoms with E-state index >= 15 is 0 Å². The zero-order valence-electron chi connectivity index (χ0n) is 16.9. The molecule has 0 saturated heterocycles. The lowest BCUT2D eigenvalue weighted by molar-refractivity contribution is -0.129. The summed E-state index contributed by atoms with van der Waals surface area (Å²) >= 11 is 0. The van der Waals surface area contributed by atoms with Crippen molar-refractivity contribution in [1.29, 1.82) is 0 Å². The molecule has 2 amide bonds. The quantitative estimate of drug-likeness (QED) is 0.806. The number of para-hydroxylation sites is 1. The SMILES string of the molecule is CCN(C(=O)C1CCC(C(=O)NCc2ccc(C)cc2)CC1)c1ccccc1. The summed E-state index contributed by atoms with van der Waals surface area (Å²) in [6.07, 6.45) is 3.13. The van der Waals surface area contributed by atoms with Crippen molar-refractivity contribution in [3.63, 3.8) is 0 Å². The maximum absolute atomic E-state index is 13.0. The predicted octanol–water partition coefficient (Wildman–Crippen LogP) is 4.47. The Bertz CT molecular complexity index is 778. The molecule has 0 bridgehead atoms. The summed E-state index contributed by atoms with van der Waals surface area (Å²) in [7, 11) is 0. The molecule has 2 aromatic rings. The molecule has 0 radical (unpaired) electrons. The van der Waals surface area contributed by atoms with Crippen LogP contribution < -0.4 is 10.2 Å². The van der Waals surface area contributed by atoms with Crippen molar-refractivity contribution in [3.8, 4) is 0 Å². The van der Waals surface area contributed by atoms with Crippen molar-refractivity contribution in [1.82, 2.24) is 5.32 Å². The van der Waals surface area contributed by atoms with Crippen molar-refractivity contribution >= 4 is 17.5 Å². The van der Waals surface area contributed by atoms with Gasteiger partial charge >= 0.3 is 0 Å². The third-order valence-corrected chi connectivity index (χ3v) is 5.68. The zero-order chi connectivity index (χ0) is 19.9. The first-order chi connectivity index (χ1) is 13.6. The average molecular weight is 379 g/mol. The van der Waals surface area contributed by atoms with Crippen LogP contribution in [0.3, 0.4) is 0 Å². The van der Waals surface area contributed by atoms with E-state index in [0.29, 0.717) is 13.1 Å². The molecule has 3 rings (SSSR count). The molecule has 1 fully saturated rings. The Balaban J connectivity index is 1.50. The van der Waals surface area contributed by atoms with Crippen LogP contribution in [0.15, 0.2) is 54.6 Å². The fourth-order valence-corrected chi connectivity index (χ4v) is 3.94. The maximum atomic E-state index is 13.0. The van der Waals surface area contributed by atoms with E-state index in [4.69, 9.17) is 0 Å². The Hall–Kier alpha value is -2.62. The van der Waals surface area contributed by atoms with E-state index in [1.165, 1.54) is 5.56 Å². The first kappa shape index (κ1) is 20.1. The van der Waals surface area contributed by atoms with Gasteiger partial charge in [0.05, 0.1) is 0 Å². The van der Waals surface area contributed by atoms with Crippen molar-refractivity contribution < 1.29 is 9.59 Å². The third-order valence-electron chi connectivity index (χ3n) is 5.68. The average Bonchev–Trinajstić information content (AvgIpc) is 2.74. The molecule has 4 nitrogen and oxygen atoms in total. The Labute approximate surface area is 167 Å². The van der Waals surface area contributed by atoms with Gasteiger partial charge < -0.3 is 10.2 Å². The van der Waals surface area contributed by atoms with Crippen LogP contribution in [0.5, 0.6) is 0 Å². The highest BCUT2D eigenvalue weighted by atomic mass is 16.2. The number of carbonyl (C=O) groups excluding carboxylic acids is 2. The Morgan fingerprint density at radius 1 is 0.929 bits per heavy atom. The minimum absolute atomic E-state index is 0.0151. The van der Waals surface area contributed by atoms with E-state index in [2.05, 4.69) is 24.4 Å². The lowest BCUT2D eigenvalue weighted by Crippen LogP contribution is -2.39. The third kappa shape index (κ3) is 5.00. The summed E-state index contributed by atoms with van der Waals surface area (Å²) in [5.41, 5.74) is 3.28. The lowest BCUT2D eigenvalue weighted by Gasteiger charge is -2.31. The van der Waals surface area contributed by atoms with Crippen LogP contribution in [-0.4, -0.2) is 18.4 Å². The summed E-state index contributed by atoms with van der Waals surface area (Å²) in [4.78, 5) is 27.4. The van der Waals surface area contributed by atoms with Crippen molar-refractivity contribution in [2.45, 2.75) is 46.1 Å². The number of benzene rings is 2. The lowest BCUT2D eigenvalue weighted by atomic mass is 9.80. The van der Waals surface area contributed by atoms with Crippen LogP contribution in [-0.2, 0) is 16.1 Å². The van der Waals surface area contributed by atoms with Gasteiger partial charge in [0.2, 0.25) is 11.8 Å². The number of nitrogens with one attached hydrogen (secondary N) is 1. The highest BCUT2D eigenvalue weighted by Gasteiger charge is 2.32. The standard InChI is InChI=1S/C24H30N2O2/c1-3-26(22-7-5-4-6-8-22)24(28)21-15-13-20(14-16-21)23(27)25-17-19-11-9-18(2)10-12-19/h4-12,20-21H,3,13-17H2,1-2H3,(H,25,27). The molecule has 0 spiro atoms. The van der Waals surface area contributed by atoms with Gasteiger partial charge in [-0.2, -0.15) is 0 Å². The maximum Gasteiger partial charge on any atom is 0.230 e. The molecule has 1 N–H and O–H groups in total. The van der Waals surface area contributed by atoms with Gasteiger partial charge in [0, 0.05) is 30.6 Å². The van der Waals surface area contributed by atoms with Crippen LogP contribution in [0, 0.1) is 18.8 Å². The van der Waals surface area contributed by atoms with Crippen molar-refractivity contribution in [2.75, 3.05) is 11.4 Å². The van der Waals surface area contributed by atoms with E-state index in [9.17, 15) is 9.59 Å². The first-order valence-corrected chi connectivity index (χ1v) is 10.3. The fourth-order valence-electron chi connectivity index (χ4n) is 3.94. The second-order valence-electron chi connectivity index (χ2n) is 7.67. The van der Waals surface area contributed by atoms with Crippen molar-refractivity contribution in [2.24, 2.45) is 11.8 Å². The monoisotopic (exact) mass is 378 g/mol. The van der Waals surface area contributed by atoms with Crippen LogP contribution in [0.25, 0.3) is 0 Å². The molecule has 0 aromatic heterocycles. The van der Waals surface area contributed by atoms with E-state index < -0.39 is 0 Å². The van der Waals surface area contributed by atoms with Gasteiger partial charge in [-0.15, -0.1) is 0 Å². The summed E-state index contributed by atoms with van der Waals surface area (Å²) < 4.78 is 0. The number of aryl methyl sites for hydroxylation is 1. The number of anilines is 1. The second kappa shape index (κ2) is 9.54. The molecule has 28 heavy (non-hydrogen) atoms. The molecule has 148 valence electrons. The highest BCUT2D eigenvalue weighted by Crippen LogP contribution is 2.31. The summed E-state index contributed by atoms with van der Waals surface area (Å²) in [6.45, 7) is 5.30. The molecular formula is C24H30N2O2. The number of hydrogen-bond donors (Lipinski definition) is 1. The molecule has 0 aliphatic heterocycles. The van der Waals surface area contributed by atoms with Crippen LogP contribution in [0.1, 0.15) is 43.7 Å². The van der Waals surface area contributed by atoms with Gasteiger partial charge in [-0.05, 0) is 57.2 Å². The van der Waals surface area contributed by atoms with Crippen molar-refractivity contribution in [3.05, 3.63) is 65.7 Å². The largest absolute Gasteiger partial charge is 0.352 e. The number of rotatable bonds is 6.